The molecule has 0 radical (unpaired) electrons. The molecule has 2 fully saturated rings. The second kappa shape index (κ2) is 11.3. The Hall–Kier alpha value is -2.51. The van der Waals surface area contributed by atoms with Crippen LogP contribution in [0.2, 0.25) is 0 Å². The summed E-state index contributed by atoms with van der Waals surface area (Å²) in [4.78, 5) is 18.3. The monoisotopic (exact) mass is 495 g/mol. The zero-order chi connectivity index (χ0) is 24.0. The first-order valence-electron chi connectivity index (χ1n) is 11.9. The summed E-state index contributed by atoms with van der Waals surface area (Å²) in [5.41, 5.74) is 2.21. The maximum absolute atomic E-state index is 12.8. The first kappa shape index (κ1) is 24.6. The van der Waals surface area contributed by atoms with Crippen molar-refractivity contribution in [3.05, 3.63) is 60.2 Å². The summed E-state index contributed by atoms with van der Waals surface area (Å²) < 4.78 is 5.66. The number of thiocarbonyl (C=S) groups is 1. The lowest BCUT2D eigenvalue weighted by Gasteiger charge is -2.39. The Morgan fingerprint density at radius 3 is 2.44 bits per heavy atom. The number of nitrogens with one attached hydrogen (secondary N) is 1. The van der Waals surface area contributed by atoms with Crippen LogP contribution in [0.5, 0.6) is 5.75 Å². The number of likely N-dealkylation sites (tertiary alicyclic amines) is 2. The Morgan fingerprint density at radius 2 is 1.76 bits per heavy atom. The van der Waals surface area contributed by atoms with Crippen LogP contribution in [0.15, 0.2) is 59.5 Å². The van der Waals surface area contributed by atoms with Gasteiger partial charge in [-0.05, 0) is 86.5 Å². The number of para-hydroxylation sites is 1. The van der Waals surface area contributed by atoms with Crippen molar-refractivity contribution < 1.29 is 9.53 Å². The van der Waals surface area contributed by atoms with Gasteiger partial charge < -0.3 is 19.9 Å². The number of ether oxygens (including phenoxy) is 1. The third kappa shape index (κ3) is 5.94. The summed E-state index contributed by atoms with van der Waals surface area (Å²) in [5, 5.41) is 4.19. The first-order valence-corrected chi connectivity index (χ1v) is 13.5. The molecule has 2 aromatic carbocycles. The molecule has 4 rings (SSSR count). The maximum atomic E-state index is 12.8. The van der Waals surface area contributed by atoms with Crippen molar-refractivity contribution in [1.82, 2.24) is 9.80 Å². The average Bonchev–Trinajstić information content (AvgIpc) is 3.28. The summed E-state index contributed by atoms with van der Waals surface area (Å²) in [6, 6.07) is 16.2. The number of hydrogen-bond acceptors (Lipinski definition) is 4. The maximum Gasteiger partial charge on any atom is 0.246 e. The molecule has 0 bridgehead atoms. The second-order valence-corrected chi connectivity index (χ2v) is 10.2. The zero-order valence-electron chi connectivity index (χ0n) is 20.0. The summed E-state index contributed by atoms with van der Waals surface area (Å²) in [6.45, 7) is 6.08. The van der Waals surface area contributed by atoms with Gasteiger partial charge in [-0.3, -0.25) is 4.79 Å². The average molecular weight is 496 g/mol. The van der Waals surface area contributed by atoms with E-state index < -0.39 is 0 Å². The standard InChI is InChI=1S/C27H33N3O2S2/c1-3-32-24-7-5-4-6-21(24)8-13-25(31)29-17-14-27(15-18-29)16-19-30(20-27)26(33)28-22-9-11-23(34-2)12-10-22/h4-13H,3,14-20H2,1-2H3,(H,28,33)/b13-8+. The van der Waals surface area contributed by atoms with E-state index >= 15 is 0 Å². The van der Waals surface area contributed by atoms with Crippen molar-refractivity contribution in [2.45, 2.75) is 31.1 Å². The van der Waals surface area contributed by atoms with Crippen molar-refractivity contribution in [3.63, 3.8) is 0 Å². The van der Waals surface area contributed by atoms with Crippen LogP contribution in [-0.2, 0) is 4.79 Å². The van der Waals surface area contributed by atoms with E-state index in [4.69, 9.17) is 17.0 Å². The van der Waals surface area contributed by atoms with E-state index in [9.17, 15) is 4.79 Å². The van der Waals surface area contributed by atoms with Gasteiger partial charge in [-0.25, -0.2) is 0 Å². The lowest BCUT2D eigenvalue weighted by molar-refractivity contribution is -0.128. The van der Waals surface area contributed by atoms with Crippen LogP contribution in [0.3, 0.4) is 0 Å². The van der Waals surface area contributed by atoms with Gasteiger partial charge in [0.1, 0.15) is 5.75 Å². The predicted molar refractivity (Wildman–Crippen MR) is 146 cm³/mol. The number of benzene rings is 2. The van der Waals surface area contributed by atoms with Gasteiger partial charge in [0.2, 0.25) is 5.91 Å². The lowest BCUT2D eigenvalue weighted by atomic mass is 9.78. The minimum Gasteiger partial charge on any atom is -0.493 e. The Morgan fingerprint density at radius 1 is 1.09 bits per heavy atom. The zero-order valence-corrected chi connectivity index (χ0v) is 21.6. The van der Waals surface area contributed by atoms with Gasteiger partial charge in [0, 0.05) is 48.4 Å². The minimum absolute atomic E-state index is 0.0712. The second-order valence-electron chi connectivity index (χ2n) is 8.96. The van der Waals surface area contributed by atoms with Crippen molar-refractivity contribution in [1.29, 1.82) is 0 Å². The van der Waals surface area contributed by atoms with Gasteiger partial charge in [-0.1, -0.05) is 18.2 Å². The normalized spacial score (nSPS) is 17.4. The molecule has 2 aliphatic rings. The Bertz CT molecular complexity index is 1030. The van der Waals surface area contributed by atoms with E-state index in [-0.39, 0.29) is 11.3 Å². The topological polar surface area (TPSA) is 44.8 Å². The van der Waals surface area contributed by atoms with E-state index in [1.54, 1.807) is 17.8 Å². The fourth-order valence-electron chi connectivity index (χ4n) is 4.77. The SMILES string of the molecule is CCOc1ccccc1/C=C/C(=O)N1CCC2(CC1)CCN(C(=S)Nc1ccc(SC)cc1)C2. The van der Waals surface area contributed by atoms with E-state index in [0.717, 1.165) is 67.6 Å². The molecule has 2 aromatic rings. The molecule has 2 heterocycles. The van der Waals surface area contributed by atoms with E-state index in [2.05, 4.69) is 40.7 Å². The minimum atomic E-state index is 0.0712. The number of hydrogen-bond donors (Lipinski definition) is 1. The summed E-state index contributed by atoms with van der Waals surface area (Å²) >= 11 is 7.44. The quantitative estimate of drug-likeness (QED) is 0.323. The summed E-state index contributed by atoms with van der Waals surface area (Å²) in [5.74, 6) is 0.879. The molecule has 0 aromatic heterocycles. The van der Waals surface area contributed by atoms with Crippen LogP contribution in [0.25, 0.3) is 6.08 Å². The van der Waals surface area contributed by atoms with Gasteiger partial charge in [0.15, 0.2) is 5.11 Å². The molecule has 0 atom stereocenters. The highest BCUT2D eigenvalue weighted by Crippen LogP contribution is 2.40. The molecule has 2 saturated heterocycles. The largest absolute Gasteiger partial charge is 0.493 e. The third-order valence-corrected chi connectivity index (χ3v) is 7.93. The highest BCUT2D eigenvalue weighted by atomic mass is 32.2. The van der Waals surface area contributed by atoms with Crippen molar-refractivity contribution in [2.75, 3.05) is 44.4 Å². The molecule has 2 aliphatic heterocycles. The van der Waals surface area contributed by atoms with E-state index in [1.807, 2.05) is 42.2 Å². The fraction of sp³-hybridized carbons (Fsp3) is 0.407. The van der Waals surface area contributed by atoms with Gasteiger partial charge in [-0.2, -0.15) is 0 Å². The van der Waals surface area contributed by atoms with E-state index in [0.29, 0.717) is 6.61 Å². The highest BCUT2D eigenvalue weighted by Gasteiger charge is 2.41. The lowest BCUT2D eigenvalue weighted by Crippen LogP contribution is -2.44. The molecule has 1 spiro atoms. The van der Waals surface area contributed by atoms with Crippen molar-refractivity contribution in [2.24, 2.45) is 5.41 Å². The van der Waals surface area contributed by atoms with Crippen LogP contribution < -0.4 is 10.1 Å². The molecule has 7 heteroatoms. The first-order chi connectivity index (χ1) is 16.5. The number of nitrogens with zero attached hydrogens (tertiary/aromatic N) is 2. The molecule has 0 unspecified atom stereocenters. The number of rotatable bonds is 6. The van der Waals surface area contributed by atoms with Crippen molar-refractivity contribution in [3.8, 4) is 5.75 Å². The molecular formula is C27H33N3O2S2. The molecule has 0 saturated carbocycles. The number of amides is 1. The number of anilines is 1. The Kier molecular flexibility index (Phi) is 8.16. The molecule has 0 aliphatic carbocycles. The van der Waals surface area contributed by atoms with Gasteiger partial charge in [0.05, 0.1) is 6.61 Å². The summed E-state index contributed by atoms with van der Waals surface area (Å²) in [7, 11) is 0. The Balaban J connectivity index is 1.28. The van der Waals surface area contributed by atoms with Gasteiger partial charge in [-0.15, -0.1) is 11.8 Å². The fourth-order valence-corrected chi connectivity index (χ4v) is 5.45. The molecule has 1 N–H and O–H groups in total. The Labute approximate surface area is 212 Å². The van der Waals surface area contributed by atoms with E-state index in [1.165, 1.54) is 4.90 Å². The predicted octanol–water partition coefficient (Wildman–Crippen LogP) is 5.53. The molecule has 5 nitrogen and oxygen atoms in total. The number of piperidine rings is 1. The smallest absolute Gasteiger partial charge is 0.246 e. The van der Waals surface area contributed by atoms with Crippen LogP contribution >= 0.6 is 24.0 Å². The molecule has 180 valence electrons. The molecular weight excluding hydrogens is 462 g/mol. The van der Waals surface area contributed by atoms with Crippen LogP contribution in [0, 0.1) is 5.41 Å². The van der Waals surface area contributed by atoms with Crippen LogP contribution in [-0.4, -0.2) is 59.9 Å². The van der Waals surface area contributed by atoms with Crippen LogP contribution in [0.4, 0.5) is 5.69 Å². The number of carbonyl (C=O) groups is 1. The van der Waals surface area contributed by atoms with Crippen LogP contribution in [0.1, 0.15) is 31.7 Å². The third-order valence-electron chi connectivity index (χ3n) is 6.83. The van der Waals surface area contributed by atoms with Gasteiger partial charge in [0.25, 0.3) is 0 Å². The van der Waals surface area contributed by atoms with Gasteiger partial charge >= 0.3 is 0 Å². The highest BCUT2D eigenvalue weighted by molar-refractivity contribution is 7.98. The number of carbonyl (C=O) groups excluding carboxylic acids is 1. The van der Waals surface area contributed by atoms with Crippen molar-refractivity contribution >= 4 is 46.8 Å². The molecule has 34 heavy (non-hydrogen) atoms. The summed E-state index contributed by atoms with van der Waals surface area (Å²) in [6.07, 6.45) is 8.78. The number of thioether (sulfide) groups is 1. The molecule has 1 amide bonds.